The summed E-state index contributed by atoms with van der Waals surface area (Å²) in [7, 11) is -3.70. The average Bonchev–Trinajstić information content (AvgIpc) is 2.82. The van der Waals surface area contributed by atoms with E-state index in [1.165, 1.54) is 12.1 Å². The highest BCUT2D eigenvalue weighted by atomic mass is 79.9. The number of rotatable bonds is 10. The van der Waals surface area contributed by atoms with Crippen LogP contribution < -0.4 is 14.2 Å². The number of nitrogens with one attached hydrogen (secondary N) is 1. The highest BCUT2D eigenvalue weighted by Crippen LogP contribution is 2.31. The molecule has 1 fully saturated rings. The number of amides is 2. The first-order valence-corrected chi connectivity index (χ1v) is 14.0. The number of nitrogens with zero attached hydrogens (tertiary/aromatic N) is 2. The molecule has 1 N–H and O–H groups in total. The molecule has 1 aliphatic rings. The number of sulfonamides is 1. The van der Waals surface area contributed by atoms with Crippen molar-refractivity contribution in [3.63, 3.8) is 0 Å². The topological polar surface area (TPSA) is 105 Å². The second-order valence-electron chi connectivity index (χ2n) is 8.48. The summed E-state index contributed by atoms with van der Waals surface area (Å²) in [5.41, 5.74) is 1.02. The first-order valence-electron chi connectivity index (χ1n) is 11.4. The summed E-state index contributed by atoms with van der Waals surface area (Å²) in [6.45, 7) is 3.86. The molecule has 1 saturated heterocycles. The van der Waals surface area contributed by atoms with E-state index < -0.39 is 22.5 Å². The van der Waals surface area contributed by atoms with Gasteiger partial charge in [0.15, 0.2) is 24.7 Å². The van der Waals surface area contributed by atoms with Gasteiger partial charge in [0.1, 0.15) is 5.82 Å². The van der Waals surface area contributed by atoms with Gasteiger partial charge in [-0.25, -0.2) is 12.8 Å². The SMILES string of the molecule is CCC1CN(Cc2ccc(F)cc2)CCN1C(=O)COc1ccc(Br)cc1OCC(=O)NS(C)(=O)=O. The molecule has 2 aromatic carbocycles. The molecule has 1 atom stereocenters. The van der Waals surface area contributed by atoms with E-state index in [4.69, 9.17) is 9.47 Å². The maximum absolute atomic E-state index is 13.2. The Morgan fingerprint density at radius 2 is 1.78 bits per heavy atom. The molecule has 196 valence electrons. The lowest BCUT2D eigenvalue weighted by Gasteiger charge is -2.41. The summed E-state index contributed by atoms with van der Waals surface area (Å²) in [6, 6.07) is 11.3. The monoisotopic (exact) mass is 585 g/mol. The molecule has 0 spiro atoms. The van der Waals surface area contributed by atoms with Crippen molar-refractivity contribution in [1.82, 2.24) is 14.5 Å². The largest absolute Gasteiger partial charge is 0.480 e. The fourth-order valence-electron chi connectivity index (χ4n) is 3.90. The Balaban J connectivity index is 1.57. The van der Waals surface area contributed by atoms with Gasteiger partial charge in [-0.3, -0.25) is 19.2 Å². The Labute approximate surface area is 218 Å². The first kappa shape index (κ1) is 27.9. The molecular formula is C24H29BrFN3O6S. The summed E-state index contributed by atoms with van der Waals surface area (Å²) in [6.07, 6.45) is 1.64. The Bertz CT molecular complexity index is 1180. The van der Waals surface area contributed by atoms with Gasteiger partial charge in [-0.15, -0.1) is 0 Å². The van der Waals surface area contributed by atoms with E-state index >= 15 is 0 Å². The van der Waals surface area contributed by atoms with Crippen molar-refractivity contribution in [2.24, 2.45) is 0 Å². The van der Waals surface area contributed by atoms with Crippen LogP contribution in [0.5, 0.6) is 11.5 Å². The number of carbonyl (C=O) groups is 2. The third kappa shape index (κ3) is 8.45. The number of benzene rings is 2. The molecule has 0 saturated carbocycles. The molecule has 9 nitrogen and oxygen atoms in total. The molecule has 0 bridgehead atoms. The van der Waals surface area contributed by atoms with Crippen LogP contribution in [0.15, 0.2) is 46.9 Å². The van der Waals surface area contributed by atoms with E-state index in [-0.39, 0.29) is 35.9 Å². The molecule has 0 radical (unpaired) electrons. The molecule has 3 rings (SSSR count). The zero-order chi connectivity index (χ0) is 26.3. The van der Waals surface area contributed by atoms with Gasteiger partial charge in [0, 0.05) is 36.7 Å². The third-order valence-corrected chi connectivity index (χ3v) is 6.68. The maximum Gasteiger partial charge on any atom is 0.271 e. The number of ether oxygens (including phenoxy) is 2. The third-order valence-electron chi connectivity index (χ3n) is 5.59. The number of hydrogen-bond acceptors (Lipinski definition) is 7. The van der Waals surface area contributed by atoms with E-state index in [2.05, 4.69) is 20.8 Å². The maximum atomic E-state index is 13.2. The summed E-state index contributed by atoms with van der Waals surface area (Å²) < 4.78 is 49.2. The van der Waals surface area contributed by atoms with Crippen LogP contribution in [0.1, 0.15) is 18.9 Å². The first-order chi connectivity index (χ1) is 17.0. The smallest absolute Gasteiger partial charge is 0.271 e. The minimum absolute atomic E-state index is 0.00984. The van der Waals surface area contributed by atoms with E-state index in [1.807, 2.05) is 11.6 Å². The van der Waals surface area contributed by atoms with E-state index in [0.717, 1.165) is 18.2 Å². The highest BCUT2D eigenvalue weighted by molar-refractivity contribution is 9.10. The predicted octanol–water partition coefficient (Wildman–Crippen LogP) is 2.54. The standard InChI is InChI=1S/C24H29BrFN3O6S/c1-3-20-14-28(13-17-4-7-19(26)8-5-17)10-11-29(20)24(31)16-35-21-9-6-18(25)12-22(21)34-15-23(30)27-36(2,32)33/h4-9,12,20H,3,10-11,13-16H2,1-2H3,(H,27,30). The molecular weight excluding hydrogens is 557 g/mol. The fourth-order valence-corrected chi connectivity index (χ4v) is 4.72. The second-order valence-corrected chi connectivity index (χ2v) is 11.1. The molecule has 36 heavy (non-hydrogen) atoms. The zero-order valence-electron chi connectivity index (χ0n) is 20.1. The van der Waals surface area contributed by atoms with Crippen LogP contribution in [0.4, 0.5) is 4.39 Å². The summed E-state index contributed by atoms with van der Waals surface area (Å²) in [5, 5.41) is 0. The van der Waals surface area contributed by atoms with Gasteiger partial charge in [-0.05, 0) is 42.3 Å². The normalized spacial score (nSPS) is 16.4. The van der Waals surface area contributed by atoms with Crippen LogP contribution in [0.2, 0.25) is 0 Å². The Morgan fingerprint density at radius 3 is 2.44 bits per heavy atom. The van der Waals surface area contributed by atoms with Crippen LogP contribution in [0.3, 0.4) is 0 Å². The van der Waals surface area contributed by atoms with Crippen LogP contribution in [0, 0.1) is 5.82 Å². The van der Waals surface area contributed by atoms with Gasteiger partial charge in [-0.1, -0.05) is 35.0 Å². The van der Waals surface area contributed by atoms with Crippen molar-refractivity contribution >= 4 is 37.8 Å². The Kier molecular flexibility index (Phi) is 9.69. The van der Waals surface area contributed by atoms with Gasteiger partial charge in [-0.2, -0.15) is 0 Å². The van der Waals surface area contributed by atoms with Gasteiger partial charge >= 0.3 is 0 Å². The van der Waals surface area contributed by atoms with Crippen molar-refractivity contribution in [3.05, 3.63) is 58.3 Å². The van der Waals surface area contributed by atoms with Crippen molar-refractivity contribution < 1.29 is 31.9 Å². The number of halogens is 2. The molecule has 1 unspecified atom stereocenters. The van der Waals surface area contributed by atoms with Crippen LogP contribution >= 0.6 is 15.9 Å². The lowest BCUT2D eigenvalue weighted by Crippen LogP contribution is -2.55. The van der Waals surface area contributed by atoms with Gasteiger partial charge in [0.2, 0.25) is 10.0 Å². The molecule has 1 heterocycles. The quantitative estimate of drug-likeness (QED) is 0.457. The van der Waals surface area contributed by atoms with Crippen LogP contribution in [0.25, 0.3) is 0 Å². The fraction of sp³-hybridized carbons (Fsp3) is 0.417. The lowest BCUT2D eigenvalue weighted by molar-refractivity contribution is -0.138. The lowest BCUT2D eigenvalue weighted by atomic mass is 10.1. The Hall–Kier alpha value is -2.70. The van der Waals surface area contributed by atoms with Gasteiger partial charge in [0.05, 0.1) is 6.26 Å². The van der Waals surface area contributed by atoms with Crippen molar-refractivity contribution in [2.45, 2.75) is 25.9 Å². The summed E-state index contributed by atoms with van der Waals surface area (Å²) in [4.78, 5) is 28.8. The van der Waals surface area contributed by atoms with E-state index in [9.17, 15) is 22.4 Å². The zero-order valence-corrected chi connectivity index (χ0v) is 22.5. The molecule has 12 heteroatoms. The van der Waals surface area contributed by atoms with E-state index in [0.29, 0.717) is 30.7 Å². The molecule has 1 aliphatic heterocycles. The minimum atomic E-state index is -3.70. The average molecular weight is 586 g/mol. The highest BCUT2D eigenvalue weighted by Gasteiger charge is 2.29. The van der Waals surface area contributed by atoms with Crippen molar-refractivity contribution in [3.8, 4) is 11.5 Å². The summed E-state index contributed by atoms with van der Waals surface area (Å²) >= 11 is 3.31. The predicted molar refractivity (Wildman–Crippen MR) is 136 cm³/mol. The number of piperazine rings is 1. The second kappa shape index (κ2) is 12.5. The Morgan fingerprint density at radius 1 is 1.08 bits per heavy atom. The minimum Gasteiger partial charge on any atom is -0.480 e. The number of carbonyl (C=O) groups excluding carboxylic acids is 2. The molecule has 2 aromatic rings. The van der Waals surface area contributed by atoms with Gasteiger partial charge < -0.3 is 14.4 Å². The van der Waals surface area contributed by atoms with Crippen molar-refractivity contribution in [1.29, 1.82) is 0 Å². The molecule has 2 amide bonds. The summed E-state index contributed by atoms with van der Waals surface area (Å²) in [5.74, 6) is -0.827. The molecule has 0 aliphatic carbocycles. The molecule has 0 aromatic heterocycles. The van der Waals surface area contributed by atoms with Gasteiger partial charge in [0.25, 0.3) is 11.8 Å². The number of hydrogen-bond donors (Lipinski definition) is 1. The van der Waals surface area contributed by atoms with E-state index in [1.54, 1.807) is 35.2 Å². The van der Waals surface area contributed by atoms with Crippen LogP contribution in [-0.4, -0.2) is 75.2 Å². The van der Waals surface area contributed by atoms with Crippen LogP contribution in [-0.2, 0) is 26.2 Å². The van der Waals surface area contributed by atoms with Crippen molar-refractivity contribution in [2.75, 3.05) is 39.1 Å².